The van der Waals surface area contributed by atoms with E-state index in [1.54, 1.807) is 0 Å². The number of benzene rings is 1. The Morgan fingerprint density at radius 2 is 1.80 bits per heavy atom. The molecule has 0 bridgehead atoms. The van der Waals surface area contributed by atoms with Gasteiger partial charge in [-0.1, -0.05) is 12.1 Å². The Bertz CT molecular complexity index is 576. The van der Waals surface area contributed by atoms with Gasteiger partial charge in [-0.25, -0.2) is 0 Å². The summed E-state index contributed by atoms with van der Waals surface area (Å²) in [6.45, 7) is -0.453. The van der Waals surface area contributed by atoms with Gasteiger partial charge in [-0.15, -0.1) is 13.2 Å². The SMILES string of the molecule is O=C(COc1ccccc1OC(F)(F)F)c1ccco1. The van der Waals surface area contributed by atoms with E-state index in [2.05, 4.69) is 4.74 Å². The first-order valence-corrected chi connectivity index (χ1v) is 5.50. The van der Waals surface area contributed by atoms with Gasteiger partial charge in [0.05, 0.1) is 6.26 Å². The van der Waals surface area contributed by atoms with Gasteiger partial charge in [-0.05, 0) is 24.3 Å². The largest absolute Gasteiger partial charge is 0.573 e. The minimum Gasteiger partial charge on any atom is -0.481 e. The molecule has 1 aromatic heterocycles. The summed E-state index contributed by atoms with van der Waals surface area (Å²) in [6, 6.07) is 8.16. The van der Waals surface area contributed by atoms with E-state index >= 15 is 0 Å². The average Bonchev–Trinajstić information content (AvgIpc) is 2.89. The number of halogens is 3. The van der Waals surface area contributed by atoms with Gasteiger partial charge < -0.3 is 13.9 Å². The lowest BCUT2D eigenvalue weighted by atomic mass is 10.3. The van der Waals surface area contributed by atoms with Crippen LogP contribution in [0.25, 0.3) is 0 Å². The number of hydrogen-bond donors (Lipinski definition) is 0. The van der Waals surface area contributed by atoms with Crippen LogP contribution < -0.4 is 9.47 Å². The predicted molar refractivity (Wildman–Crippen MR) is 61.7 cm³/mol. The van der Waals surface area contributed by atoms with Gasteiger partial charge in [0, 0.05) is 0 Å². The number of rotatable bonds is 5. The Hall–Kier alpha value is -2.44. The minimum atomic E-state index is -4.83. The Labute approximate surface area is 111 Å². The third-order valence-electron chi connectivity index (χ3n) is 2.23. The molecule has 4 nitrogen and oxygen atoms in total. The monoisotopic (exact) mass is 286 g/mol. The zero-order valence-corrected chi connectivity index (χ0v) is 10.0. The number of carbonyl (C=O) groups excluding carboxylic acids is 1. The number of ketones is 1. The second-order valence-electron chi connectivity index (χ2n) is 3.68. The highest BCUT2D eigenvalue weighted by atomic mass is 19.4. The fraction of sp³-hybridized carbons (Fsp3) is 0.154. The standard InChI is InChI=1S/C13H9F3O4/c14-13(15,16)20-12-5-2-1-4-11(12)19-8-9(17)10-6-3-7-18-10/h1-7H,8H2. The normalized spacial score (nSPS) is 11.2. The lowest BCUT2D eigenvalue weighted by Crippen LogP contribution is -2.18. The van der Waals surface area contributed by atoms with Crippen LogP contribution in [0, 0.1) is 0 Å². The molecule has 0 fully saturated rings. The Morgan fingerprint density at radius 3 is 2.40 bits per heavy atom. The van der Waals surface area contributed by atoms with Crippen LogP contribution in [-0.2, 0) is 0 Å². The molecule has 0 atom stereocenters. The van der Waals surface area contributed by atoms with Crippen molar-refractivity contribution in [3.8, 4) is 11.5 Å². The molecule has 1 aromatic carbocycles. The molecule has 0 unspecified atom stereocenters. The molecule has 0 aliphatic rings. The highest BCUT2D eigenvalue weighted by molar-refractivity contribution is 5.94. The van der Waals surface area contributed by atoms with Crippen molar-refractivity contribution in [1.29, 1.82) is 0 Å². The van der Waals surface area contributed by atoms with Crippen molar-refractivity contribution in [2.45, 2.75) is 6.36 Å². The van der Waals surface area contributed by atoms with Gasteiger partial charge in [-0.3, -0.25) is 4.79 Å². The van der Waals surface area contributed by atoms with E-state index in [0.29, 0.717) is 0 Å². The predicted octanol–water partition coefficient (Wildman–Crippen LogP) is 3.44. The lowest BCUT2D eigenvalue weighted by molar-refractivity contribution is -0.275. The summed E-state index contributed by atoms with van der Waals surface area (Å²) in [6.07, 6.45) is -3.52. The molecule has 2 aromatic rings. The zero-order valence-electron chi connectivity index (χ0n) is 10.0. The number of hydrogen-bond acceptors (Lipinski definition) is 4. The van der Waals surface area contributed by atoms with Crippen LogP contribution in [0.2, 0.25) is 0 Å². The van der Waals surface area contributed by atoms with Crippen molar-refractivity contribution in [2.24, 2.45) is 0 Å². The van der Waals surface area contributed by atoms with Crippen LogP contribution in [-0.4, -0.2) is 18.8 Å². The number of carbonyl (C=O) groups is 1. The number of ether oxygens (including phenoxy) is 2. The third kappa shape index (κ3) is 3.78. The van der Waals surface area contributed by atoms with Crippen LogP contribution in [0.1, 0.15) is 10.6 Å². The maximum atomic E-state index is 12.2. The van der Waals surface area contributed by atoms with Crippen LogP contribution in [0.4, 0.5) is 13.2 Å². The third-order valence-corrected chi connectivity index (χ3v) is 2.23. The Balaban J connectivity index is 2.04. The van der Waals surface area contributed by atoms with Crippen LogP contribution in [0.3, 0.4) is 0 Å². The summed E-state index contributed by atoms with van der Waals surface area (Å²) < 4.78 is 50.2. The fourth-order valence-electron chi connectivity index (χ4n) is 1.43. The summed E-state index contributed by atoms with van der Waals surface area (Å²) in [5, 5.41) is 0. The molecule has 0 saturated carbocycles. The molecule has 0 spiro atoms. The van der Waals surface area contributed by atoms with E-state index in [4.69, 9.17) is 9.15 Å². The number of alkyl halides is 3. The highest BCUT2D eigenvalue weighted by Crippen LogP contribution is 2.31. The van der Waals surface area contributed by atoms with E-state index in [1.165, 1.54) is 36.6 Å². The van der Waals surface area contributed by atoms with Gasteiger partial charge in [0.15, 0.2) is 23.9 Å². The van der Waals surface area contributed by atoms with Gasteiger partial charge in [-0.2, -0.15) is 0 Å². The van der Waals surface area contributed by atoms with E-state index in [0.717, 1.165) is 6.07 Å². The van der Waals surface area contributed by atoms with Crippen molar-refractivity contribution >= 4 is 5.78 Å². The first kappa shape index (κ1) is 14.0. The highest BCUT2D eigenvalue weighted by Gasteiger charge is 2.32. The first-order chi connectivity index (χ1) is 9.46. The van der Waals surface area contributed by atoms with Crippen LogP contribution >= 0.6 is 0 Å². The average molecular weight is 286 g/mol. The second-order valence-corrected chi connectivity index (χ2v) is 3.68. The van der Waals surface area contributed by atoms with Crippen LogP contribution in [0.5, 0.6) is 11.5 Å². The second kappa shape index (κ2) is 5.68. The van der Waals surface area contributed by atoms with Crippen molar-refractivity contribution < 1.29 is 31.9 Å². The van der Waals surface area contributed by atoms with E-state index in [9.17, 15) is 18.0 Å². The van der Waals surface area contributed by atoms with Crippen LogP contribution in [0.15, 0.2) is 47.1 Å². The zero-order chi connectivity index (χ0) is 14.6. The molecule has 0 N–H and O–H groups in total. The molecular weight excluding hydrogens is 277 g/mol. The minimum absolute atomic E-state index is 0.0687. The molecule has 0 aliphatic heterocycles. The van der Waals surface area contributed by atoms with Gasteiger partial charge in [0.25, 0.3) is 0 Å². The van der Waals surface area contributed by atoms with Gasteiger partial charge in [0.2, 0.25) is 5.78 Å². The fourth-order valence-corrected chi connectivity index (χ4v) is 1.43. The molecule has 0 amide bonds. The topological polar surface area (TPSA) is 48.7 Å². The van der Waals surface area contributed by atoms with E-state index in [-0.39, 0.29) is 11.5 Å². The molecule has 106 valence electrons. The number of Topliss-reactive ketones (excluding diaryl/α,β-unsaturated/α-hetero) is 1. The Morgan fingerprint density at radius 1 is 1.10 bits per heavy atom. The van der Waals surface area contributed by atoms with Crippen molar-refractivity contribution in [2.75, 3.05) is 6.61 Å². The molecule has 0 aliphatic carbocycles. The number of furan rings is 1. The van der Waals surface area contributed by atoms with Gasteiger partial charge >= 0.3 is 6.36 Å². The lowest BCUT2D eigenvalue weighted by Gasteiger charge is -2.13. The van der Waals surface area contributed by atoms with E-state index < -0.39 is 24.5 Å². The summed E-state index contributed by atoms with van der Waals surface area (Å²) in [5.74, 6) is -1.10. The van der Waals surface area contributed by atoms with E-state index in [1.807, 2.05) is 0 Å². The molecule has 20 heavy (non-hydrogen) atoms. The molecule has 0 saturated heterocycles. The summed E-state index contributed by atoms with van der Waals surface area (Å²) in [4.78, 5) is 11.6. The molecule has 0 radical (unpaired) electrons. The smallest absolute Gasteiger partial charge is 0.481 e. The van der Waals surface area contributed by atoms with Crippen molar-refractivity contribution in [3.63, 3.8) is 0 Å². The summed E-state index contributed by atoms with van der Waals surface area (Å²) in [7, 11) is 0. The maximum absolute atomic E-state index is 12.2. The molecular formula is C13H9F3O4. The molecule has 1 heterocycles. The summed E-state index contributed by atoms with van der Waals surface area (Å²) >= 11 is 0. The van der Waals surface area contributed by atoms with Crippen molar-refractivity contribution in [1.82, 2.24) is 0 Å². The quantitative estimate of drug-likeness (QED) is 0.790. The summed E-state index contributed by atoms with van der Waals surface area (Å²) in [5.41, 5.74) is 0. The number of para-hydroxylation sites is 2. The first-order valence-electron chi connectivity index (χ1n) is 5.50. The maximum Gasteiger partial charge on any atom is 0.573 e. The molecule has 7 heteroatoms. The Kier molecular flexibility index (Phi) is 3.97. The van der Waals surface area contributed by atoms with Gasteiger partial charge in [0.1, 0.15) is 0 Å². The molecule has 2 rings (SSSR count). The van der Waals surface area contributed by atoms with Crippen molar-refractivity contribution in [3.05, 3.63) is 48.4 Å².